The summed E-state index contributed by atoms with van der Waals surface area (Å²) in [4.78, 5) is 36.3. The first-order chi connectivity index (χ1) is 13.7. The topological polar surface area (TPSA) is 80.1 Å². The lowest BCUT2D eigenvalue weighted by Gasteiger charge is -2.27. The van der Waals surface area contributed by atoms with Gasteiger partial charge in [-0.3, -0.25) is 9.59 Å². The van der Waals surface area contributed by atoms with Crippen LogP contribution in [-0.2, 0) is 17.9 Å². The van der Waals surface area contributed by atoms with E-state index in [4.69, 9.17) is 0 Å². The predicted octanol–water partition coefficient (Wildman–Crippen LogP) is 2.55. The fourth-order valence-corrected chi connectivity index (χ4v) is 4.08. The molecule has 0 saturated carbocycles. The van der Waals surface area contributed by atoms with Crippen LogP contribution >= 0.6 is 11.3 Å². The molecule has 2 aromatic heterocycles. The molecule has 1 saturated heterocycles. The Labute approximate surface area is 167 Å². The maximum atomic E-state index is 13.2. The smallest absolute Gasteiger partial charge is 0.294 e. The number of nitrogens with one attached hydrogen (secondary N) is 1. The Hall–Kier alpha value is -2.74. The quantitative estimate of drug-likeness (QED) is 0.691. The van der Waals surface area contributed by atoms with Crippen molar-refractivity contribution in [1.82, 2.24) is 19.9 Å². The number of anilines is 1. The minimum atomic E-state index is -0.117. The van der Waals surface area contributed by atoms with Crippen LogP contribution in [0.3, 0.4) is 0 Å². The third-order valence-corrected chi connectivity index (χ3v) is 5.75. The largest absolute Gasteiger partial charge is 0.352 e. The zero-order valence-corrected chi connectivity index (χ0v) is 16.5. The van der Waals surface area contributed by atoms with Gasteiger partial charge >= 0.3 is 0 Å². The molecule has 1 aromatic carbocycles. The van der Waals surface area contributed by atoms with Crippen LogP contribution in [0.4, 0.5) is 5.82 Å². The highest BCUT2D eigenvalue weighted by molar-refractivity contribution is 7.09. The van der Waals surface area contributed by atoms with Gasteiger partial charge in [0, 0.05) is 37.6 Å². The normalized spacial score (nSPS) is 14.4. The average molecular weight is 398 g/mol. The fourth-order valence-electron chi connectivity index (χ4n) is 3.53. The molecule has 8 heteroatoms. The number of benzene rings is 1. The Kier molecular flexibility index (Phi) is 5.66. The number of carbonyl (C=O) groups is 1. The summed E-state index contributed by atoms with van der Waals surface area (Å²) in [5.41, 5.74) is 1.43. The minimum absolute atomic E-state index is 0.0949. The number of carbonyl (C=O) groups excluding carboxylic acids is 1. The molecule has 28 heavy (non-hydrogen) atoms. The van der Waals surface area contributed by atoms with Gasteiger partial charge in [-0.2, -0.15) is 0 Å². The molecule has 0 spiro atoms. The molecule has 1 amide bonds. The number of hydrogen-bond donors (Lipinski definition) is 1. The molecule has 0 atom stereocenters. The Morgan fingerprint density at radius 2 is 2.00 bits per heavy atom. The number of para-hydroxylation sites is 2. The molecule has 4 rings (SSSR count). The van der Waals surface area contributed by atoms with E-state index in [-0.39, 0.29) is 17.9 Å². The summed E-state index contributed by atoms with van der Waals surface area (Å²) in [5.74, 6) is 0.407. The van der Waals surface area contributed by atoms with Gasteiger partial charge in [0.05, 0.1) is 17.6 Å². The second kappa shape index (κ2) is 8.52. The number of amides is 1. The van der Waals surface area contributed by atoms with Gasteiger partial charge in [0.25, 0.3) is 5.56 Å². The minimum Gasteiger partial charge on any atom is -0.352 e. The molecule has 0 aliphatic carbocycles. The zero-order chi connectivity index (χ0) is 19.3. The van der Waals surface area contributed by atoms with Gasteiger partial charge in [0.1, 0.15) is 5.01 Å². The first kappa shape index (κ1) is 18.6. The fraction of sp³-hybridized carbons (Fsp3) is 0.400. The van der Waals surface area contributed by atoms with E-state index in [0.717, 1.165) is 42.0 Å². The first-order valence-electron chi connectivity index (χ1n) is 9.62. The van der Waals surface area contributed by atoms with E-state index in [1.807, 2.05) is 29.6 Å². The zero-order valence-electron chi connectivity index (χ0n) is 15.6. The van der Waals surface area contributed by atoms with E-state index in [2.05, 4.69) is 20.2 Å². The third kappa shape index (κ3) is 4.06. The molecule has 1 fully saturated rings. The Bertz CT molecular complexity index is 1010. The van der Waals surface area contributed by atoms with Crippen LogP contribution < -0.4 is 15.8 Å². The van der Waals surface area contributed by atoms with Crippen LogP contribution in [0.15, 0.2) is 40.6 Å². The molecule has 1 aliphatic heterocycles. The Morgan fingerprint density at radius 1 is 1.18 bits per heavy atom. The number of aryl methyl sites for hydroxylation is 1. The van der Waals surface area contributed by atoms with Crippen LogP contribution in [0.25, 0.3) is 11.0 Å². The van der Waals surface area contributed by atoms with Crippen LogP contribution in [0.5, 0.6) is 0 Å². The highest BCUT2D eigenvalue weighted by Crippen LogP contribution is 2.18. The van der Waals surface area contributed by atoms with Gasteiger partial charge in [-0.15, -0.1) is 11.3 Å². The summed E-state index contributed by atoms with van der Waals surface area (Å²) < 4.78 is 1.69. The van der Waals surface area contributed by atoms with Gasteiger partial charge in [0.15, 0.2) is 5.82 Å². The highest BCUT2D eigenvalue weighted by Gasteiger charge is 2.19. The molecule has 0 unspecified atom stereocenters. The molecule has 3 heterocycles. The molecule has 0 radical (unpaired) electrons. The number of aromatic nitrogens is 3. The van der Waals surface area contributed by atoms with Gasteiger partial charge < -0.3 is 14.8 Å². The first-order valence-corrected chi connectivity index (χ1v) is 10.5. The molecule has 7 nitrogen and oxygen atoms in total. The van der Waals surface area contributed by atoms with E-state index in [0.29, 0.717) is 18.9 Å². The lowest BCUT2D eigenvalue weighted by atomic mass is 10.1. The summed E-state index contributed by atoms with van der Waals surface area (Å²) in [7, 11) is 0. The second-order valence-corrected chi connectivity index (χ2v) is 7.86. The lowest BCUT2D eigenvalue weighted by Crippen LogP contribution is -2.37. The maximum absolute atomic E-state index is 13.2. The van der Waals surface area contributed by atoms with E-state index in [1.54, 1.807) is 10.8 Å². The molecule has 0 bridgehead atoms. The van der Waals surface area contributed by atoms with E-state index in [1.165, 1.54) is 17.8 Å². The molecule has 3 aromatic rings. The third-order valence-electron chi connectivity index (χ3n) is 4.97. The van der Waals surface area contributed by atoms with Crippen molar-refractivity contribution in [1.29, 1.82) is 0 Å². The number of hydrogen-bond acceptors (Lipinski definition) is 6. The van der Waals surface area contributed by atoms with Gasteiger partial charge in [-0.05, 0) is 31.4 Å². The Balaban J connectivity index is 1.55. The van der Waals surface area contributed by atoms with Crippen molar-refractivity contribution in [3.8, 4) is 0 Å². The van der Waals surface area contributed by atoms with E-state index >= 15 is 0 Å². The van der Waals surface area contributed by atoms with Crippen LogP contribution in [0.2, 0.25) is 0 Å². The number of fused-ring (bicyclic) bond motifs is 1. The second-order valence-electron chi connectivity index (χ2n) is 6.88. The van der Waals surface area contributed by atoms with Crippen molar-refractivity contribution in [3.63, 3.8) is 0 Å². The molecule has 1 N–H and O–H groups in total. The highest BCUT2D eigenvalue weighted by atomic mass is 32.1. The SMILES string of the molecule is O=C(CCn1c(=O)c(N2CCCCC2)nc2ccccc21)NCc1nccs1. The summed E-state index contributed by atoms with van der Waals surface area (Å²) in [6, 6.07) is 7.62. The van der Waals surface area contributed by atoms with Crippen LogP contribution in [0.1, 0.15) is 30.7 Å². The standard InChI is InChI=1S/C20H23N5O2S/c26-17(22-14-18-21-9-13-28-18)8-12-25-16-7-3-2-6-15(16)23-19(20(25)27)24-10-4-1-5-11-24/h2-3,6-7,9,13H,1,4-5,8,10-12,14H2,(H,22,26). The van der Waals surface area contributed by atoms with Crippen molar-refractivity contribution in [2.75, 3.05) is 18.0 Å². The predicted molar refractivity (Wildman–Crippen MR) is 111 cm³/mol. The van der Waals surface area contributed by atoms with E-state index in [9.17, 15) is 9.59 Å². The number of rotatable bonds is 6. The summed E-state index contributed by atoms with van der Waals surface area (Å²) in [6.07, 6.45) is 5.30. The van der Waals surface area contributed by atoms with Crippen LogP contribution in [-0.4, -0.2) is 33.5 Å². The number of thiazole rings is 1. The van der Waals surface area contributed by atoms with Gasteiger partial charge in [-0.25, -0.2) is 9.97 Å². The number of piperidine rings is 1. The average Bonchev–Trinajstić information content (AvgIpc) is 3.25. The lowest BCUT2D eigenvalue weighted by molar-refractivity contribution is -0.121. The Morgan fingerprint density at radius 3 is 2.79 bits per heavy atom. The van der Waals surface area contributed by atoms with Crippen molar-refractivity contribution in [2.45, 2.75) is 38.8 Å². The molecule has 146 valence electrons. The summed E-state index contributed by atoms with van der Waals surface area (Å²) in [6.45, 7) is 2.46. The molecule has 1 aliphatic rings. The summed E-state index contributed by atoms with van der Waals surface area (Å²) in [5, 5.41) is 5.62. The molecular weight excluding hydrogens is 374 g/mol. The summed E-state index contributed by atoms with van der Waals surface area (Å²) >= 11 is 1.51. The maximum Gasteiger partial charge on any atom is 0.294 e. The van der Waals surface area contributed by atoms with E-state index < -0.39 is 0 Å². The van der Waals surface area contributed by atoms with Crippen molar-refractivity contribution < 1.29 is 4.79 Å². The van der Waals surface area contributed by atoms with Crippen molar-refractivity contribution in [2.24, 2.45) is 0 Å². The van der Waals surface area contributed by atoms with Crippen molar-refractivity contribution >= 4 is 34.1 Å². The number of nitrogens with zero attached hydrogens (tertiary/aromatic N) is 4. The van der Waals surface area contributed by atoms with Crippen LogP contribution in [0, 0.1) is 0 Å². The van der Waals surface area contributed by atoms with Gasteiger partial charge in [0.2, 0.25) is 5.91 Å². The van der Waals surface area contributed by atoms with Gasteiger partial charge in [-0.1, -0.05) is 12.1 Å². The monoisotopic (exact) mass is 397 g/mol. The van der Waals surface area contributed by atoms with Crippen molar-refractivity contribution in [3.05, 3.63) is 51.2 Å². The molecular formula is C20H23N5O2S.